The number of hydrogen-bond donors (Lipinski definition) is 1. The Morgan fingerprint density at radius 2 is 2.33 bits per heavy atom. The molecular weight excluding hydrogens is 192 g/mol. The maximum absolute atomic E-state index is 11.2. The molecule has 0 radical (unpaired) electrons. The largest absolute Gasteiger partial charge is 0.458 e. The van der Waals surface area contributed by atoms with Gasteiger partial charge < -0.3 is 10.1 Å². The summed E-state index contributed by atoms with van der Waals surface area (Å²) < 4.78 is 5.01. The van der Waals surface area contributed by atoms with Gasteiger partial charge in [0.2, 0.25) is 0 Å². The molecule has 0 fully saturated rings. The van der Waals surface area contributed by atoms with E-state index in [-0.39, 0.29) is 25.2 Å². The minimum absolute atomic E-state index is 0.236. The van der Waals surface area contributed by atoms with E-state index in [1.54, 1.807) is 6.20 Å². The third kappa shape index (κ3) is 5.12. The second-order valence-electron chi connectivity index (χ2n) is 3.52. The summed E-state index contributed by atoms with van der Waals surface area (Å²) in [6.07, 6.45) is 1.68. The molecule has 0 amide bonds. The van der Waals surface area contributed by atoms with Crippen LogP contribution < -0.4 is 5.32 Å². The molecule has 0 spiro atoms. The van der Waals surface area contributed by atoms with Crippen molar-refractivity contribution >= 4 is 5.97 Å². The first-order chi connectivity index (χ1) is 7.18. The zero-order valence-electron chi connectivity index (χ0n) is 9.06. The zero-order chi connectivity index (χ0) is 11.1. The standard InChI is InChI=1S/C11H16N2O2/c1-9(2)13-7-11(14)15-8-10-5-3-4-6-12-10/h3-6,9,13H,7-8H2,1-2H3. The molecule has 15 heavy (non-hydrogen) atoms. The van der Waals surface area contributed by atoms with Crippen molar-refractivity contribution in [1.29, 1.82) is 0 Å². The van der Waals surface area contributed by atoms with Gasteiger partial charge in [-0.3, -0.25) is 9.78 Å². The summed E-state index contributed by atoms with van der Waals surface area (Å²) in [5, 5.41) is 2.99. The molecule has 1 rings (SSSR count). The summed E-state index contributed by atoms with van der Waals surface area (Å²) in [5.74, 6) is -0.255. The van der Waals surface area contributed by atoms with E-state index in [1.165, 1.54) is 0 Å². The highest BCUT2D eigenvalue weighted by atomic mass is 16.5. The number of nitrogens with zero attached hydrogens (tertiary/aromatic N) is 1. The van der Waals surface area contributed by atoms with Crippen LogP contribution in [0.2, 0.25) is 0 Å². The van der Waals surface area contributed by atoms with Crippen molar-refractivity contribution in [1.82, 2.24) is 10.3 Å². The molecule has 1 aromatic rings. The first-order valence-corrected chi connectivity index (χ1v) is 4.97. The number of ether oxygens (including phenoxy) is 1. The summed E-state index contributed by atoms with van der Waals surface area (Å²) in [4.78, 5) is 15.3. The third-order valence-electron chi connectivity index (χ3n) is 1.76. The van der Waals surface area contributed by atoms with Gasteiger partial charge in [-0.15, -0.1) is 0 Å². The molecule has 0 saturated carbocycles. The van der Waals surface area contributed by atoms with Crippen LogP contribution in [-0.2, 0) is 16.1 Å². The van der Waals surface area contributed by atoms with Crippen molar-refractivity contribution in [3.63, 3.8) is 0 Å². The topological polar surface area (TPSA) is 51.2 Å². The summed E-state index contributed by atoms with van der Waals surface area (Å²) in [6.45, 7) is 4.43. The first kappa shape index (κ1) is 11.7. The summed E-state index contributed by atoms with van der Waals surface area (Å²) in [7, 11) is 0. The van der Waals surface area contributed by atoms with E-state index in [4.69, 9.17) is 4.74 Å². The van der Waals surface area contributed by atoms with E-state index in [0.29, 0.717) is 0 Å². The number of hydrogen-bond acceptors (Lipinski definition) is 4. The minimum Gasteiger partial charge on any atom is -0.458 e. The van der Waals surface area contributed by atoms with Crippen molar-refractivity contribution in [3.05, 3.63) is 30.1 Å². The molecule has 0 saturated heterocycles. The van der Waals surface area contributed by atoms with Gasteiger partial charge in [-0.2, -0.15) is 0 Å². The Balaban J connectivity index is 2.23. The summed E-state index contributed by atoms with van der Waals surface area (Å²) in [5.41, 5.74) is 0.760. The molecule has 0 aromatic carbocycles. The number of pyridine rings is 1. The second-order valence-corrected chi connectivity index (χ2v) is 3.52. The average Bonchev–Trinajstić information content (AvgIpc) is 2.25. The van der Waals surface area contributed by atoms with E-state index < -0.39 is 0 Å². The van der Waals surface area contributed by atoms with Crippen molar-refractivity contribution < 1.29 is 9.53 Å². The smallest absolute Gasteiger partial charge is 0.320 e. The van der Waals surface area contributed by atoms with Crippen LogP contribution in [0.25, 0.3) is 0 Å². The molecule has 0 aliphatic heterocycles. The highest BCUT2D eigenvalue weighted by Crippen LogP contribution is 1.95. The van der Waals surface area contributed by atoms with Gasteiger partial charge in [0.15, 0.2) is 0 Å². The fourth-order valence-electron chi connectivity index (χ4n) is 0.976. The molecule has 4 heteroatoms. The molecule has 1 heterocycles. The summed E-state index contributed by atoms with van der Waals surface area (Å²) >= 11 is 0. The Labute approximate surface area is 89.7 Å². The van der Waals surface area contributed by atoms with E-state index in [9.17, 15) is 4.79 Å². The van der Waals surface area contributed by atoms with Crippen LogP contribution in [-0.4, -0.2) is 23.5 Å². The average molecular weight is 208 g/mol. The predicted octanol–water partition coefficient (Wildman–Crippen LogP) is 1.12. The van der Waals surface area contributed by atoms with Crippen molar-refractivity contribution in [2.75, 3.05) is 6.54 Å². The Bertz CT molecular complexity index is 299. The third-order valence-corrected chi connectivity index (χ3v) is 1.76. The highest BCUT2D eigenvalue weighted by Gasteiger charge is 2.03. The Kier molecular flexibility index (Phi) is 4.77. The zero-order valence-corrected chi connectivity index (χ0v) is 9.06. The number of carbonyl (C=O) groups is 1. The van der Waals surface area contributed by atoms with E-state index in [0.717, 1.165) is 5.69 Å². The fraction of sp³-hybridized carbons (Fsp3) is 0.455. The van der Waals surface area contributed by atoms with Crippen LogP contribution in [0.1, 0.15) is 19.5 Å². The lowest BCUT2D eigenvalue weighted by atomic mass is 10.4. The van der Waals surface area contributed by atoms with Gasteiger partial charge in [-0.1, -0.05) is 19.9 Å². The molecule has 4 nitrogen and oxygen atoms in total. The van der Waals surface area contributed by atoms with E-state index in [1.807, 2.05) is 32.0 Å². The van der Waals surface area contributed by atoms with Crippen molar-refractivity contribution in [2.24, 2.45) is 0 Å². The molecule has 0 aliphatic carbocycles. The number of aromatic nitrogens is 1. The SMILES string of the molecule is CC(C)NCC(=O)OCc1ccccn1. The Hall–Kier alpha value is -1.42. The maximum atomic E-state index is 11.2. The Morgan fingerprint density at radius 3 is 2.93 bits per heavy atom. The highest BCUT2D eigenvalue weighted by molar-refractivity contribution is 5.71. The van der Waals surface area contributed by atoms with Crippen LogP contribution in [0.3, 0.4) is 0 Å². The number of rotatable bonds is 5. The van der Waals surface area contributed by atoms with E-state index in [2.05, 4.69) is 10.3 Å². The maximum Gasteiger partial charge on any atom is 0.320 e. The molecule has 1 aromatic heterocycles. The van der Waals surface area contributed by atoms with Gasteiger partial charge in [0.1, 0.15) is 6.61 Å². The fourth-order valence-corrected chi connectivity index (χ4v) is 0.976. The van der Waals surface area contributed by atoms with Crippen LogP contribution in [0.5, 0.6) is 0 Å². The number of carbonyl (C=O) groups excluding carboxylic acids is 1. The molecule has 0 aliphatic rings. The van der Waals surface area contributed by atoms with Crippen LogP contribution in [0.4, 0.5) is 0 Å². The van der Waals surface area contributed by atoms with Gasteiger partial charge >= 0.3 is 5.97 Å². The van der Waals surface area contributed by atoms with Gasteiger partial charge in [-0.05, 0) is 12.1 Å². The number of esters is 1. The van der Waals surface area contributed by atoms with Gasteiger partial charge in [-0.25, -0.2) is 0 Å². The van der Waals surface area contributed by atoms with Crippen LogP contribution in [0.15, 0.2) is 24.4 Å². The minimum atomic E-state index is -0.255. The van der Waals surface area contributed by atoms with Crippen LogP contribution >= 0.6 is 0 Å². The monoisotopic (exact) mass is 208 g/mol. The van der Waals surface area contributed by atoms with Gasteiger partial charge in [0, 0.05) is 12.2 Å². The predicted molar refractivity (Wildman–Crippen MR) is 57.2 cm³/mol. The molecule has 82 valence electrons. The summed E-state index contributed by atoms with van der Waals surface area (Å²) in [6, 6.07) is 5.80. The molecule has 0 unspecified atom stereocenters. The van der Waals surface area contributed by atoms with Crippen LogP contribution in [0, 0.1) is 0 Å². The quantitative estimate of drug-likeness (QED) is 0.737. The number of nitrogens with one attached hydrogen (secondary N) is 1. The van der Waals surface area contributed by atoms with Gasteiger partial charge in [0.05, 0.1) is 12.2 Å². The first-order valence-electron chi connectivity index (χ1n) is 4.97. The second kappa shape index (κ2) is 6.14. The molecule has 0 bridgehead atoms. The molecule has 1 N–H and O–H groups in total. The molecule has 0 atom stereocenters. The van der Waals surface area contributed by atoms with Crippen molar-refractivity contribution in [2.45, 2.75) is 26.5 Å². The van der Waals surface area contributed by atoms with Gasteiger partial charge in [0.25, 0.3) is 0 Å². The lowest BCUT2D eigenvalue weighted by molar-refractivity contribution is -0.144. The lowest BCUT2D eigenvalue weighted by Gasteiger charge is -2.07. The van der Waals surface area contributed by atoms with E-state index >= 15 is 0 Å². The Morgan fingerprint density at radius 1 is 1.53 bits per heavy atom. The lowest BCUT2D eigenvalue weighted by Crippen LogP contribution is -2.30. The molecular formula is C11H16N2O2. The normalized spacial score (nSPS) is 10.3. The van der Waals surface area contributed by atoms with Crippen molar-refractivity contribution in [3.8, 4) is 0 Å².